The van der Waals surface area contributed by atoms with Crippen LogP contribution in [-0.2, 0) is 5.54 Å². The molecule has 1 saturated carbocycles. The van der Waals surface area contributed by atoms with Gasteiger partial charge in [-0.2, -0.15) is 0 Å². The van der Waals surface area contributed by atoms with Crippen molar-refractivity contribution in [2.24, 2.45) is 11.1 Å². The van der Waals surface area contributed by atoms with Crippen LogP contribution in [0.3, 0.4) is 0 Å². The van der Waals surface area contributed by atoms with E-state index in [1.54, 1.807) is 6.07 Å². The van der Waals surface area contributed by atoms with Gasteiger partial charge < -0.3 is 5.73 Å². The molecular formula is C14H19F2N. The average molecular weight is 239 g/mol. The third-order valence-corrected chi connectivity index (χ3v) is 3.76. The topological polar surface area (TPSA) is 26.0 Å². The van der Waals surface area contributed by atoms with E-state index in [2.05, 4.69) is 13.8 Å². The molecule has 2 N–H and O–H groups in total. The molecule has 0 aromatic heterocycles. The number of rotatable bonds is 1. The molecule has 2 rings (SSSR count). The van der Waals surface area contributed by atoms with Gasteiger partial charge >= 0.3 is 0 Å². The standard InChI is InChI=1S/C14H19F2N/c1-13(2)7-4-8-14(17,9-13)10-5-3-6-11(15)12(10)16/h3,5-6H,4,7-9,17H2,1-2H3. The molecule has 17 heavy (non-hydrogen) atoms. The van der Waals surface area contributed by atoms with Crippen LogP contribution < -0.4 is 5.73 Å². The maximum Gasteiger partial charge on any atom is 0.163 e. The van der Waals surface area contributed by atoms with Gasteiger partial charge in [0, 0.05) is 11.1 Å². The Balaban J connectivity index is 2.41. The number of benzene rings is 1. The molecule has 0 bridgehead atoms. The third-order valence-electron chi connectivity index (χ3n) is 3.76. The van der Waals surface area contributed by atoms with Crippen LogP contribution in [0.4, 0.5) is 8.78 Å². The lowest BCUT2D eigenvalue weighted by atomic mass is 9.66. The zero-order valence-corrected chi connectivity index (χ0v) is 10.4. The summed E-state index contributed by atoms with van der Waals surface area (Å²) >= 11 is 0. The van der Waals surface area contributed by atoms with Gasteiger partial charge in [0.1, 0.15) is 0 Å². The molecule has 0 spiro atoms. The Morgan fingerprint density at radius 3 is 2.53 bits per heavy atom. The van der Waals surface area contributed by atoms with Gasteiger partial charge in [-0.25, -0.2) is 8.78 Å². The molecular weight excluding hydrogens is 220 g/mol. The molecule has 1 aromatic carbocycles. The number of hydrogen-bond donors (Lipinski definition) is 1. The van der Waals surface area contributed by atoms with Gasteiger partial charge in [-0.1, -0.05) is 32.4 Å². The summed E-state index contributed by atoms with van der Waals surface area (Å²) in [6.45, 7) is 4.26. The molecule has 0 saturated heterocycles. The predicted octanol–water partition coefficient (Wildman–Crippen LogP) is 3.72. The molecule has 1 fully saturated rings. The Hall–Kier alpha value is -0.960. The van der Waals surface area contributed by atoms with Crippen LogP contribution in [-0.4, -0.2) is 0 Å². The van der Waals surface area contributed by atoms with Crippen molar-refractivity contribution in [3.05, 3.63) is 35.4 Å². The Labute approximate surface area is 101 Å². The quantitative estimate of drug-likeness (QED) is 0.794. The minimum Gasteiger partial charge on any atom is -0.321 e. The van der Waals surface area contributed by atoms with Crippen LogP contribution in [0.1, 0.15) is 45.1 Å². The largest absolute Gasteiger partial charge is 0.321 e. The van der Waals surface area contributed by atoms with Crippen LogP contribution in [0.25, 0.3) is 0 Å². The lowest BCUT2D eigenvalue weighted by molar-refractivity contribution is 0.147. The fourth-order valence-electron chi connectivity index (χ4n) is 3.03. The minimum atomic E-state index is -0.810. The minimum absolute atomic E-state index is 0.0890. The predicted molar refractivity (Wildman–Crippen MR) is 64.5 cm³/mol. The highest BCUT2D eigenvalue weighted by molar-refractivity contribution is 5.28. The monoisotopic (exact) mass is 239 g/mol. The van der Waals surface area contributed by atoms with Crippen LogP contribution >= 0.6 is 0 Å². The maximum atomic E-state index is 13.8. The Bertz CT molecular complexity index is 428. The summed E-state index contributed by atoms with van der Waals surface area (Å²) in [6.07, 6.45) is 3.46. The zero-order chi connectivity index (χ0) is 12.7. The van der Waals surface area contributed by atoms with Crippen molar-refractivity contribution < 1.29 is 8.78 Å². The summed E-state index contributed by atoms with van der Waals surface area (Å²) in [6, 6.07) is 4.28. The highest BCUT2D eigenvalue weighted by atomic mass is 19.2. The lowest BCUT2D eigenvalue weighted by Gasteiger charge is -2.43. The fourth-order valence-corrected chi connectivity index (χ4v) is 3.03. The van der Waals surface area contributed by atoms with E-state index in [1.165, 1.54) is 6.07 Å². The first kappa shape index (κ1) is 12.5. The van der Waals surface area contributed by atoms with Crippen LogP contribution in [0.15, 0.2) is 18.2 Å². The van der Waals surface area contributed by atoms with E-state index in [0.717, 1.165) is 25.3 Å². The maximum absolute atomic E-state index is 13.8. The van der Waals surface area contributed by atoms with Crippen LogP contribution in [0.2, 0.25) is 0 Å². The van der Waals surface area contributed by atoms with E-state index in [0.29, 0.717) is 12.0 Å². The lowest BCUT2D eigenvalue weighted by Crippen LogP contribution is -2.44. The van der Waals surface area contributed by atoms with E-state index < -0.39 is 17.2 Å². The molecule has 1 aliphatic carbocycles. The van der Waals surface area contributed by atoms with Crippen molar-refractivity contribution in [2.75, 3.05) is 0 Å². The first-order valence-corrected chi connectivity index (χ1v) is 6.07. The molecule has 94 valence electrons. The molecule has 1 aliphatic rings. The molecule has 1 nitrogen and oxygen atoms in total. The molecule has 0 aliphatic heterocycles. The molecule has 1 unspecified atom stereocenters. The van der Waals surface area contributed by atoms with Crippen molar-refractivity contribution in [1.29, 1.82) is 0 Å². The van der Waals surface area contributed by atoms with Gasteiger partial charge in [0.05, 0.1) is 0 Å². The Morgan fingerprint density at radius 1 is 1.18 bits per heavy atom. The molecule has 3 heteroatoms. The summed E-state index contributed by atoms with van der Waals surface area (Å²) in [5, 5.41) is 0. The van der Waals surface area contributed by atoms with Gasteiger partial charge in [0.25, 0.3) is 0 Å². The second-order valence-corrected chi connectivity index (χ2v) is 5.95. The van der Waals surface area contributed by atoms with E-state index in [-0.39, 0.29) is 5.41 Å². The third kappa shape index (κ3) is 2.34. The van der Waals surface area contributed by atoms with Crippen LogP contribution in [0.5, 0.6) is 0 Å². The van der Waals surface area contributed by atoms with Crippen molar-refractivity contribution in [1.82, 2.24) is 0 Å². The molecule has 1 aromatic rings. The average Bonchev–Trinajstić information content (AvgIpc) is 2.20. The summed E-state index contributed by atoms with van der Waals surface area (Å²) in [7, 11) is 0. The summed E-state index contributed by atoms with van der Waals surface area (Å²) in [5.74, 6) is -1.59. The van der Waals surface area contributed by atoms with Gasteiger partial charge in [-0.3, -0.25) is 0 Å². The van der Waals surface area contributed by atoms with Crippen molar-refractivity contribution in [3.63, 3.8) is 0 Å². The van der Waals surface area contributed by atoms with E-state index in [1.807, 2.05) is 0 Å². The van der Waals surface area contributed by atoms with Crippen LogP contribution in [0, 0.1) is 17.0 Å². The normalized spacial score (nSPS) is 28.1. The van der Waals surface area contributed by atoms with Crippen molar-refractivity contribution in [2.45, 2.75) is 45.1 Å². The van der Waals surface area contributed by atoms with E-state index >= 15 is 0 Å². The Morgan fingerprint density at radius 2 is 1.88 bits per heavy atom. The molecule has 0 radical (unpaired) electrons. The SMILES string of the molecule is CC1(C)CCCC(N)(c2cccc(F)c2F)C1. The van der Waals surface area contributed by atoms with Gasteiger partial charge in [-0.05, 0) is 30.7 Å². The van der Waals surface area contributed by atoms with Crippen molar-refractivity contribution >= 4 is 0 Å². The zero-order valence-electron chi connectivity index (χ0n) is 10.4. The molecule has 1 atom stereocenters. The second kappa shape index (κ2) is 4.05. The summed E-state index contributed by atoms with van der Waals surface area (Å²) in [4.78, 5) is 0. The van der Waals surface area contributed by atoms with Gasteiger partial charge in [0.2, 0.25) is 0 Å². The smallest absolute Gasteiger partial charge is 0.163 e. The fraction of sp³-hybridized carbons (Fsp3) is 0.571. The summed E-state index contributed by atoms with van der Waals surface area (Å²) in [5.41, 5.74) is 6.00. The molecule has 0 amide bonds. The number of nitrogens with two attached hydrogens (primary N) is 1. The summed E-state index contributed by atoms with van der Waals surface area (Å²) < 4.78 is 27.1. The first-order chi connectivity index (χ1) is 7.84. The Kier molecular flexibility index (Phi) is 2.98. The number of hydrogen-bond acceptors (Lipinski definition) is 1. The molecule has 0 heterocycles. The van der Waals surface area contributed by atoms with E-state index in [9.17, 15) is 8.78 Å². The van der Waals surface area contributed by atoms with Crippen molar-refractivity contribution in [3.8, 4) is 0 Å². The highest BCUT2D eigenvalue weighted by Crippen LogP contribution is 2.45. The first-order valence-electron chi connectivity index (χ1n) is 6.07. The van der Waals surface area contributed by atoms with Gasteiger partial charge in [0.15, 0.2) is 11.6 Å². The second-order valence-electron chi connectivity index (χ2n) is 5.95. The van der Waals surface area contributed by atoms with Gasteiger partial charge in [-0.15, -0.1) is 0 Å². The number of halogens is 2. The highest BCUT2D eigenvalue weighted by Gasteiger charge is 2.40. The van der Waals surface area contributed by atoms with E-state index in [4.69, 9.17) is 5.73 Å².